The minimum atomic E-state index is -1.09. The van der Waals surface area contributed by atoms with E-state index in [2.05, 4.69) is 5.32 Å². The van der Waals surface area contributed by atoms with Crippen LogP contribution in [-0.2, 0) is 4.79 Å². The molecule has 5 aromatic rings. The number of amides is 2. The van der Waals surface area contributed by atoms with E-state index in [4.69, 9.17) is 0 Å². The third-order valence-corrected chi connectivity index (χ3v) is 8.66. The molecule has 0 unspecified atom stereocenters. The maximum absolute atomic E-state index is 13.4. The molecule has 1 aliphatic heterocycles. The lowest BCUT2D eigenvalue weighted by molar-refractivity contribution is -0.115. The van der Waals surface area contributed by atoms with Crippen LogP contribution in [0.15, 0.2) is 124 Å². The second-order valence-corrected chi connectivity index (χ2v) is 11.2. The van der Waals surface area contributed by atoms with Crippen LogP contribution in [0, 0.1) is 0 Å². The fraction of sp³-hybridized carbons (Fsp3) is 0.0312. The van der Waals surface area contributed by atoms with Crippen molar-refractivity contribution >= 4 is 69.1 Å². The summed E-state index contributed by atoms with van der Waals surface area (Å²) in [7, 11) is 0. The van der Waals surface area contributed by atoms with Gasteiger partial charge in [0.15, 0.2) is 0 Å². The highest BCUT2D eigenvalue weighted by Gasteiger charge is 2.27. The monoisotopic (exact) mass is 562 g/mol. The fourth-order valence-electron chi connectivity index (χ4n) is 4.72. The summed E-state index contributed by atoms with van der Waals surface area (Å²) in [5.74, 6) is -1.26. The van der Waals surface area contributed by atoms with Crippen LogP contribution in [0.3, 0.4) is 0 Å². The third kappa shape index (κ3) is 4.95. The van der Waals surface area contributed by atoms with E-state index in [9.17, 15) is 19.5 Å². The Bertz CT molecular complexity index is 1740. The number of hydrogen-bond acceptors (Lipinski definition) is 5. The molecule has 1 heterocycles. The van der Waals surface area contributed by atoms with Crippen LogP contribution in [0.4, 0.5) is 17.1 Å². The number of carboxylic acid groups (broad SMARTS) is 1. The molecule has 0 atom stereocenters. The Labute approximate surface area is 239 Å². The van der Waals surface area contributed by atoms with E-state index in [0.29, 0.717) is 22.0 Å². The predicted octanol–water partition coefficient (Wildman–Crippen LogP) is 7.71. The van der Waals surface area contributed by atoms with Crippen molar-refractivity contribution in [2.24, 2.45) is 0 Å². The van der Waals surface area contributed by atoms with Crippen molar-refractivity contribution in [1.29, 1.82) is 0 Å². The lowest BCUT2D eigenvalue weighted by atomic mass is 9.98. The van der Waals surface area contributed by atoms with Crippen molar-refractivity contribution in [2.45, 2.75) is 14.7 Å². The number of hydrogen-bond donors (Lipinski definition) is 2. The SMILES string of the molecule is O=C(O)c1cccc2cccc(C(=O)Nc3ccc(SCC(=O)N4c5ccccc5Sc5ccccc54)cc3)c12. The molecule has 2 N–H and O–H groups in total. The van der Waals surface area contributed by atoms with Crippen LogP contribution < -0.4 is 10.2 Å². The molecule has 6 rings (SSSR count). The highest BCUT2D eigenvalue weighted by molar-refractivity contribution is 8.00. The number of nitrogens with zero attached hydrogens (tertiary/aromatic N) is 1. The number of fused-ring (bicyclic) bond motifs is 3. The average molecular weight is 563 g/mol. The molecule has 0 bridgehead atoms. The zero-order valence-electron chi connectivity index (χ0n) is 21.0. The third-order valence-electron chi connectivity index (χ3n) is 6.54. The largest absolute Gasteiger partial charge is 0.478 e. The van der Waals surface area contributed by atoms with Gasteiger partial charge in [-0.25, -0.2) is 4.79 Å². The number of thioether (sulfide) groups is 1. The highest BCUT2D eigenvalue weighted by Crippen LogP contribution is 2.48. The summed E-state index contributed by atoms with van der Waals surface area (Å²) >= 11 is 3.09. The quantitative estimate of drug-likeness (QED) is 0.206. The number of benzene rings is 5. The van der Waals surface area contributed by atoms with Gasteiger partial charge in [-0.1, -0.05) is 60.3 Å². The summed E-state index contributed by atoms with van der Waals surface area (Å²) in [6.07, 6.45) is 0. The molecular formula is C32H22N2O4S2. The van der Waals surface area contributed by atoms with Gasteiger partial charge >= 0.3 is 5.97 Å². The van der Waals surface area contributed by atoms with Crippen LogP contribution in [0.2, 0.25) is 0 Å². The molecule has 0 aliphatic carbocycles. The summed E-state index contributed by atoms with van der Waals surface area (Å²) in [5, 5.41) is 13.6. The molecule has 0 radical (unpaired) electrons. The molecule has 0 saturated heterocycles. The van der Waals surface area contributed by atoms with Crippen LogP contribution >= 0.6 is 23.5 Å². The lowest BCUT2D eigenvalue weighted by Crippen LogP contribution is -2.29. The van der Waals surface area contributed by atoms with Crippen molar-refractivity contribution in [3.63, 3.8) is 0 Å². The number of anilines is 3. The van der Waals surface area contributed by atoms with Crippen LogP contribution in [-0.4, -0.2) is 28.6 Å². The molecule has 0 aromatic heterocycles. The number of aromatic carboxylic acids is 1. The van der Waals surface area contributed by atoms with E-state index in [0.717, 1.165) is 26.1 Å². The zero-order chi connectivity index (χ0) is 27.6. The van der Waals surface area contributed by atoms with E-state index in [1.54, 1.807) is 59.1 Å². The maximum Gasteiger partial charge on any atom is 0.336 e. The van der Waals surface area contributed by atoms with E-state index in [1.807, 2.05) is 60.7 Å². The standard InChI is InChI=1S/C32H22N2O4S2/c35-29(34-25-11-1-3-13-27(25)40-28-14-4-2-12-26(28)34)19-39-22-17-15-21(16-18-22)33-31(36)23-9-5-7-20-8-6-10-24(30(20)23)32(37)38/h1-18H,19H2,(H,33,36)(H,37,38). The molecule has 0 saturated carbocycles. The number of carbonyl (C=O) groups excluding carboxylic acids is 2. The fourth-order valence-corrected chi connectivity index (χ4v) is 6.53. The predicted molar refractivity (Wildman–Crippen MR) is 160 cm³/mol. The topological polar surface area (TPSA) is 86.7 Å². The van der Waals surface area contributed by atoms with Gasteiger partial charge in [0.25, 0.3) is 5.91 Å². The number of rotatable bonds is 6. The molecule has 2 amide bonds. The van der Waals surface area contributed by atoms with Crippen molar-refractivity contribution in [2.75, 3.05) is 16.0 Å². The summed E-state index contributed by atoms with van der Waals surface area (Å²) in [6, 6.07) is 33.1. The average Bonchev–Trinajstić information content (AvgIpc) is 2.98. The van der Waals surface area contributed by atoms with Gasteiger partial charge in [-0.05, 0) is 66.0 Å². The Balaban J connectivity index is 1.16. The zero-order valence-corrected chi connectivity index (χ0v) is 22.7. The van der Waals surface area contributed by atoms with Gasteiger partial charge in [-0.15, -0.1) is 11.8 Å². The van der Waals surface area contributed by atoms with Gasteiger partial charge in [0.05, 0.1) is 22.7 Å². The normalized spacial score (nSPS) is 11.9. The van der Waals surface area contributed by atoms with E-state index in [1.165, 1.54) is 17.8 Å². The molecule has 40 heavy (non-hydrogen) atoms. The first kappa shape index (κ1) is 25.7. The number of para-hydroxylation sites is 2. The van der Waals surface area contributed by atoms with Crippen molar-refractivity contribution in [3.05, 3.63) is 120 Å². The molecule has 1 aliphatic rings. The first-order valence-electron chi connectivity index (χ1n) is 12.5. The summed E-state index contributed by atoms with van der Waals surface area (Å²) in [4.78, 5) is 43.1. The van der Waals surface area contributed by atoms with Crippen LogP contribution in [0.1, 0.15) is 20.7 Å². The van der Waals surface area contributed by atoms with Gasteiger partial charge in [-0.3, -0.25) is 14.5 Å². The van der Waals surface area contributed by atoms with E-state index >= 15 is 0 Å². The molecule has 5 aromatic carbocycles. The molecule has 0 fully saturated rings. The molecule has 196 valence electrons. The number of nitrogens with one attached hydrogen (secondary N) is 1. The summed E-state index contributed by atoms with van der Waals surface area (Å²) < 4.78 is 0. The van der Waals surface area contributed by atoms with Crippen LogP contribution in [0.5, 0.6) is 0 Å². The first-order valence-corrected chi connectivity index (χ1v) is 14.3. The van der Waals surface area contributed by atoms with Gasteiger partial charge in [0.1, 0.15) is 0 Å². The Hall–Kier alpha value is -4.53. The number of carboxylic acids is 1. The van der Waals surface area contributed by atoms with Gasteiger partial charge in [-0.2, -0.15) is 0 Å². The molecule has 0 spiro atoms. The minimum absolute atomic E-state index is 0.0206. The Morgan fingerprint density at radius 1 is 0.725 bits per heavy atom. The summed E-state index contributed by atoms with van der Waals surface area (Å²) in [6.45, 7) is 0. The van der Waals surface area contributed by atoms with E-state index in [-0.39, 0.29) is 17.2 Å². The minimum Gasteiger partial charge on any atom is -0.478 e. The second-order valence-electron chi connectivity index (χ2n) is 9.05. The first-order chi connectivity index (χ1) is 19.5. The summed E-state index contributed by atoms with van der Waals surface area (Å²) in [5.41, 5.74) is 2.71. The van der Waals surface area contributed by atoms with E-state index < -0.39 is 11.9 Å². The number of carbonyl (C=O) groups is 3. The maximum atomic E-state index is 13.4. The van der Waals surface area contributed by atoms with Gasteiger partial charge in [0, 0.05) is 31.3 Å². The lowest BCUT2D eigenvalue weighted by Gasteiger charge is -2.31. The molecule has 8 heteroatoms. The smallest absolute Gasteiger partial charge is 0.336 e. The molecular weight excluding hydrogens is 540 g/mol. The molecule has 6 nitrogen and oxygen atoms in total. The Morgan fingerprint density at radius 3 is 1.95 bits per heavy atom. The van der Waals surface area contributed by atoms with Gasteiger partial charge in [0.2, 0.25) is 5.91 Å². The Kier molecular flexibility index (Phi) is 7.02. The second kappa shape index (κ2) is 10.9. The van der Waals surface area contributed by atoms with Crippen molar-refractivity contribution in [1.82, 2.24) is 0 Å². The van der Waals surface area contributed by atoms with Gasteiger partial charge < -0.3 is 10.4 Å². The Morgan fingerprint density at radius 2 is 1.32 bits per heavy atom. The highest BCUT2D eigenvalue weighted by atomic mass is 32.2. The van der Waals surface area contributed by atoms with Crippen molar-refractivity contribution < 1.29 is 19.5 Å². The van der Waals surface area contributed by atoms with Crippen molar-refractivity contribution in [3.8, 4) is 0 Å². The van der Waals surface area contributed by atoms with Crippen LogP contribution in [0.25, 0.3) is 10.8 Å².